The van der Waals surface area contributed by atoms with Crippen LogP contribution in [0.25, 0.3) is 0 Å². The van der Waals surface area contributed by atoms with Gasteiger partial charge in [0.05, 0.1) is 5.60 Å². The van der Waals surface area contributed by atoms with Gasteiger partial charge in [0, 0.05) is 5.56 Å². The molecule has 0 amide bonds. The Kier molecular flexibility index (Phi) is 1.70. The van der Waals surface area contributed by atoms with Gasteiger partial charge in [-0.3, -0.25) is 0 Å². The maximum Gasteiger partial charge on any atom is 0.231 e. The highest BCUT2D eigenvalue weighted by atomic mass is 16.7. The van der Waals surface area contributed by atoms with Crippen LogP contribution < -0.4 is 9.47 Å². The van der Waals surface area contributed by atoms with Crippen LogP contribution in [0.5, 0.6) is 11.5 Å². The predicted molar refractivity (Wildman–Crippen MR) is 47.8 cm³/mol. The maximum absolute atomic E-state index is 9.82. The molecule has 3 heteroatoms. The Morgan fingerprint density at radius 3 is 2.77 bits per heavy atom. The van der Waals surface area contributed by atoms with E-state index in [0.29, 0.717) is 11.5 Å². The van der Waals surface area contributed by atoms with Gasteiger partial charge in [-0.1, -0.05) is 12.1 Å². The van der Waals surface area contributed by atoms with Crippen LogP contribution >= 0.6 is 0 Å². The second-order valence-corrected chi connectivity index (χ2v) is 3.60. The van der Waals surface area contributed by atoms with Crippen LogP contribution in [-0.4, -0.2) is 11.9 Å². The lowest BCUT2D eigenvalue weighted by molar-refractivity contribution is 0.0744. The van der Waals surface area contributed by atoms with Crippen molar-refractivity contribution in [3.05, 3.63) is 23.8 Å². The van der Waals surface area contributed by atoms with Crippen molar-refractivity contribution in [3.8, 4) is 11.5 Å². The molecule has 1 aromatic rings. The molecular formula is C10H12O3. The third kappa shape index (κ3) is 1.35. The molecule has 0 aromatic heterocycles. The SMILES string of the molecule is CC(C)(O)c1cccc2c1OCO2. The number of hydrogen-bond donors (Lipinski definition) is 1. The molecule has 0 atom stereocenters. The molecule has 0 unspecified atom stereocenters. The summed E-state index contributed by atoms with van der Waals surface area (Å²) >= 11 is 0. The minimum absolute atomic E-state index is 0.239. The van der Waals surface area contributed by atoms with Crippen LogP contribution in [0.2, 0.25) is 0 Å². The van der Waals surface area contributed by atoms with Crippen molar-refractivity contribution in [2.24, 2.45) is 0 Å². The van der Waals surface area contributed by atoms with Crippen LogP contribution in [0.15, 0.2) is 18.2 Å². The average molecular weight is 180 g/mol. The molecule has 1 aliphatic rings. The van der Waals surface area contributed by atoms with Crippen molar-refractivity contribution in [2.75, 3.05) is 6.79 Å². The Labute approximate surface area is 76.9 Å². The van der Waals surface area contributed by atoms with Crippen molar-refractivity contribution in [2.45, 2.75) is 19.4 Å². The summed E-state index contributed by atoms with van der Waals surface area (Å²) < 4.78 is 10.5. The summed E-state index contributed by atoms with van der Waals surface area (Å²) in [6, 6.07) is 5.52. The fraction of sp³-hybridized carbons (Fsp3) is 0.400. The lowest BCUT2D eigenvalue weighted by Crippen LogP contribution is -2.16. The van der Waals surface area contributed by atoms with E-state index in [4.69, 9.17) is 9.47 Å². The van der Waals surface area contributed by atoms with Gasteiger partial charge < -0.3 is 14.6 Å². The lowest BCUT2D eigenvalue weighted by Gasteiger charge is -2.19. The van der Waals surface area contributed by atoms with Crippen LogP contribution in [0.4, 0.5) is 0 Å². The lowest BCUT2D eigenvalue weighted by atomic mass is 9.97. The quantitative estimate of drug-likeness (QED) is 0.714. The third-order valence-corrected chi connectivity index (χ3v) is 2.06. The highest BCUT2D eigenvalue weighted by Crippen LogP contribution is 2.40. The molecule has 2 rings (SSSR count). The minimum Gasteiger partial charge on any atom is -0.454 e. The van der Waals surface area contributed by atoms with Crippen molar-refractivity contribution in [3.63, 3.8) is 0 Å². The molecule has 70 valence electrons. The molecule has 0 spiro atoms. The first kappa shape index (κ1) is 8.38. The summed E-state index contributed by atoms with van der Waals surface area (Å²) in [6.07, 6.45) is 0. The van der Waals surface area contributed by atoms with Crippen LogP contribution in [0.3, 0.4) is 0 Å². The minimum atomic E-state index is -0.890. The van der Waals surface area contributed by atoms with E-state index in [1.165, 1.54) is 0 Å². The van der Waals surface area contributed by atoms with E-state index in [2.05, 4.69) is 0 Å². The molecule has 1 aliphatic heterocycles. The Morgan fingerprint density at radius 2 is 2.08 bits per heavy atom. The van der Waals surface area contributed by atoms with Gasteiger partial charge in [-0.05, 0) is 19.9 Å². The third-order valence-electron chi connectivity index (χ3n) is 2.06. The predicted octanol–water partition coefficient (Wildman–Crippen LogP) is 1.64. The van der Waals surface area contributed by atoms with Gasteiger partial charge in [-0.2, -0.15) is 0 Å². The molecule has 3 nitrogen and oxygen atoms in total. The van der Waals surface area contributed by atoms with Gasteiger partial charge in [-0.25, -0.2) is 0 Å². The number of para-hydroxylation sites is 1. The smallest absolute Gasteiger partial charge is 0.231 e. The average Bonchev–Trinajstić information content (AvgIpc) is 2.48. The van der Waals surface area contributed by atoms with Gasteiger partial charge in [-0.15, -0.1) is 0 Å². The van der Waals surface area contributed by atoms with E-state index in [1.54, 1.807) is 13.8 Å². The van der Waals surface area contributed by atoms with Crippen molar-refractivity contribution >= 4 is 0 Å². The summed E-state index contributed by atoms with van der Waals surface area (Å²) in [5.74, 6) is 1.37. The van der Waals surface area contributed by atoms with Gasteiger partial charge in [0.25, 0.3) is 0 Å². The monoisotopic (exact) mass is 180 g/mol. The highest BCUT2D eigenvalue weighted by Gasteiger charge is 2.26. The van der Waals surface area contributed by atoms with Crippen molar-refractivity contribution < 1.29 is 14.6 Å². The van der Waals surface area contributed by atoms with Crippen LogP contribution in [0, 0.1) is 0 Å². The van der Waals surface area contributed by atoms with Crippen molar-refractivity contribution in [1.29, 1.82) is 0 Å². The molecule has 0 bridgehead atoms. The number of aliphatic hydroxyl groups is 1. The molecule has 1 aromatic carbocycles. The molecule has 0 saturated carbocycles. The standard InChI is InChI=1S/C10H12O3/c1-10(2,11)7-4-3-5-8-9(7)13-6-12-8/h3-5,11H,6H2,1-2H3. The van der Waals surface area contributed by atoms with E-state index in [-0.39, 0.29) is 6.79 Å². The molecule has 0 saturated heterocycles. The molecule has 1 N–H and O–H groups in total. The number of rotatable bonds is 1. The zero-order valence-corrected chi connectivity index (χ0v) is 7.70. The van der Waals surface area contributed by atoms with Gasteiger partial charge in [0.1, 0.15) is 0 Å². The zero-order chi connectivity index (χ0) is 9.47. The zero-order valence-electron chi connectivity index (χ0n) is 7.70. The van der Waals surface area contributed by atoms with Crippen molar-refractivity contribution in [1.82, 2.24) is 0 Å². The van der Waals surface area contributed by atoms with E-state index < -0.39 is 5.60 Å². The number of hydrogen-bond acceptors (Lipinski definition) is 3. The molecule has 0 aliphatic carbocycles. The summed E-state index contributed by atoms with van der Waals surface area (Å²) in [4.78, 5) is 0. The maximum atomic E-state index is 9.82. The first-order chi connectivity index (χ1) is 6.09. The fourth-order valence-corrected chi connectivity index (χ4v) is 1.41. The van der Waals surface area contributed by atoms with E-state index in [0.717, 1.165) is 5.56 Å². The molecular weight excluding hydrogens is 168 g/mol. The summed E-state index contributed by atoms with van der Waals surface area (Å²) in [5, 5.41) is 9.82. The Bertz CT molecular complexity index is 325. The topological polar surface area (TPSA) is 38.7 Å². The second kappa shape index (κ2) is 2.64. The van der Waals surface area contributed by atoms with E-state index in [1.807, 2.05) is 18.2 Å². The summed E-state index contributed by atoms with van der Waals surface area (Å²) in [5.41, 5.74) is -0.124. The summed E-state index contributed by atoms with van der Waals surface area (Å²) in [6.45, 7) is 3.69. The van der Waals surface area contributed by atoms with Gasteiger partial charge in [0.2, 0.25) is 6.79 Å². The number of ether oxygens (including phenoxy) is 2. The molecule has 13 heavy (non-hydrogen) atoms. The highest BCUT2D eigenvalue weighted by molar-refractivity contribution is 5.50. The normalized spacial score (nSPS) is 14.7. The van der Waals surface area contributed by atoms with E-state index in [9.17, 15) is 5.11 Å². The van der Waals surface area contributed by atoms with Crippen LogP contribution in [0.1, 0.15) is 19.4 Å². The van der Waals surface area contributed by atoms with E-state index >= 15 is 0 Å². The molecule has 1 heterocycles. The Hall–Kier alpha value is -1.22. The molecule has 0 radical (unpaired) electrons. The Morgan fingerprint density at radius 1 is 1.31 bits per heavy atom. The first-order valence-electron chi connectivity index (χ1n) is 4.20. The number of benzene rings is 1. The fourth-order valence-electron chi connectivity index (χ4n) is 1.41. The largest absolute Gasteiger partial charge is 0.454 e. The molecule has 0 fully saturated rings. The van der Waals surface area contributed by atoms with Gasteiger partial charge in [0.15, 0.2) is 11.5 Å². The Balaban J connectivity index is 2.54. The van der Waals surface area contributed by atoms with Gasteiger partial charge >= 0.3 is 0 Å². The summed E-state index contributed by atoms with van der Waals surface area (Å²) in [7, 11) is 0. The second-order valence-electron chi connectivity index (χ2n) is 3.60. The number of fused-ring (bicyclic) bond motifs is 1. The van der Waals surface area contributed by atoms with Crippen LogP contribution in [-0.2, 0) is 5.60 Å². The first-order valence-corrected chi connectivity index (χ1v) is 4.20.